The van der Waals surface area contributed by atoms with E-state index in [0.29, 0.717) is 5.41 Å². The largest absolute Gasteiger partial charge is 0.351 e. The van der Waals surface area contributed by atoms with Crippen LogP contribution in [0.15, 0.2) is 6.20 Å². The van der Waals surface area contributed by atoms with E-state index in [4.69, 9.17) is 0 Å². The van der Waals surface area contributed by atoms with Crippen LogP contribution in [-0.2, 0) is 7.05 Å². The summed E-state index contributed by atoms with van der Waals surface area (Å²) in [4.78, 5) is 12.5. The van der Waals surface area contributed by atoms with Crippen molar-refractivity contribution in [1.82, 2.24) is 15.1 Å². The van der Waals surface area contributed by atoms with Crippen LogP contribution >= 0.6 is 0 Å². The Labute approximate surface area is 127 Å². The molecule has 21 heavy (non-hydrogen) atoms. The van der Waals surface area contributed by atoms with Gasteiger partial charge in [-0.25, -0.2) is 0 Å². The molecule has 1 aromatic heterocycles. The number of nitrogens with one attached hydrogen (secondary N) is 1. The van der Waals surface area contributed by atoms with Crippen LogP contribution < -0.4 is 5.32 Å². The van der Waals surface area contributed by atoms with Crippen LogP contribution in [0.2, 0.25) is 0 Å². The van der Waals surface area contributed by atoms with Crippen molar-refractivity contribution in [2.24, 2.45) is 18.4 Å². The molecule has 2 fully saturated rings. The summed E-state index contributed by atoms with van der Waals surface area (Å²) in [5, 5.41) is 7.64. The molecule has 0 aromatic carbocycles. The molecule has 116 valence electrons. The molecule has 2 aliphatic carbocycles. The lowest BCUT2D eigenvalue weighted by atomic mass is 9.55. The Balaban J connectivity index is 1.66. The summed E-state index contributed by atoms with van der Waals surface area (Å²) < 4.78 is 1.75. The van der Waals surface area contributed by atoms with E-state index in [-0.39, 0.29) is 11.8 Å². The molecule has 0 aliphatic heterocycles. The third-order valence-electron chi connectivity index (χ3n) is 5.57. The topological polar surface area (TPSA) is 46.9 Å². The van der Waals surface area contributed by atoms with Crippen LogP contribution in [0.3, 0.4) is 0 Å². The Bertz CT molecular complexity index is 524. The van der Waals surface area contributed by atoms with E-state index in [0.717, 1.165) is 23.7 Å². The van der Waals surface area contributed by atoms with Gasteiger partial charge in [-0.2, -0.15) is 5.10 Å². The molecule has 0 saturated heterocycles. The zero-order chi connectivity index (χ0) is 15.0. The fraction of sp³-hybridized carbons (Fsp3) is 0.765. The number of carbonyl (C=O) groups is 1. The third-order valence-corrected chi connectivity index (χ3v) is 5.57. The van der Waals surface area contributed by atoms with Gasteiger partial charge < -0.3 is 5.32 Å². The van der Waals surface area contributed by atoms with Crippen molar-refractivity contribution in [1.29, 1.82) is 0 Å². The number of hydrogen-bond acceptors (Lipinski definition) is 2. The van der Waals surface area contributed by atoms with Gasteiger partial charge in [0.05, 0.1) is 11.3 Å². The number of amides is 1. The van der Waals surface area contributed by atoms with E-state index in [1.54, 1.807) is 4.68 Å². The number of rotatable bonds is 5. The smallest absolute Gasteiger partial charge is 0.254 e. The predicted octanol–water partition coefficient (Wildman–Crippen LogP) is 3.24. The first-order valence-electron chi connectivity index (χ1n) is 8.33. The van der Waals surface area contributed by atoms with Crippen molar-refractivity contribution in [2.45, 2.75) is 58.3 Å². The molecule has 4 heteroatoms. The molecule has 0 radical (unpaired) electrons. The van der Waals surface area contributed by atoms with E-state index >= 15 is 0 Å². The first kappa shape index (κ1) is 14.6. The van der Waals surface area contributed by atoms with Crippen molar-refractivity contribution >= 4 is 5.91 Å². The Morgan fingerprint density at radius 2 is 2.14 bits per heavy atom. The average molecular weight is 289 g/mol. The highest BCUT2D eigenvalue weighted by Gasteiger charge is 2.46. The van der Waals surface area contributed by atoms with Crippen LogP contribution in [0.5, 0.6) is 0 Å². The van der Waals surface area contributed by atoms with E-state index in [1.807, 2.05) is 13.2 Å². The van der Waals surface area contributed by atoms with E-state index in [1.165, 1.54) is 38.5 Å². The minimum absolute atomic E-state index is 0.0531. The molecule has 1 amide bonds. The summed E-state index contributed by atoms with van der Waals surface area (Å²) in [6.07, 6.45) is 9.86. The monoisotopic (exact) mass is 289 g/mol. The van der Waals surface area contributed by atoms with Crippen LogP contribution in [0, 0.1) is 11.3 Å². The molecule has 3 rings (SSSR count). The molecule has 4 nitrogen and oxygen atoms in total. The summed E-state index contributed by atoms with van der Waals surface area (Å²) in [6, 6.07) is 0. The standard InChI is InChI=1S/C17H27N3O/c1-12(2)15-14(10-20(3)19-15)16(21)18-11-17(8-5-9-17)13-6-4-7-13/h10,12-13H,4-9,11H2,1-3H3,(H,18,21). The summed E-state index contributed by atoms with van der Waals surface area (Å²) in [7, 11) is 1.88. The van der Waals surface area contributed by atoms with Crippen molar-refractivity contribution < 1.29 is 4.79 Å². The quantitative estimate of drug-likeness (QED) is 0.904. The van der Waals surface area contributed by atoms with Crippen LogP contribution in [0.25, 0.3) is 0 Å². The lowest BCUT2D eigenvalue weighted by molar-refractivity contribution is 0.00353. The van der Waals surface area contributed by atoms with Crippen molar-refractivity contribution in [2.75, 3.05) is 6.54 Å². The fourth-order valence-electron chi connectivity index (χ4n) is 3.84. The minimum Gasteiger partial charge on any atom is -0.351 e. The first-order valence-corrected chi connectivity index (χ1v) is 8.33. The van der Waals surface area contributed by atoms with Crippen LogP contribution in [0.1, 0.15) is 74.3 Å². The van der Waals surface area contributed by atoms with E-state index in [9.17, 15) is 4.79 Å². The molecule has 0 atom stereocenters. The molecule has 0 bridgehead atoms. The van der Waals surface area contributed by atoms with Gasteiger partial charge in [-0.3, -0.25) is 9.48 Å². The maximum atomic E-state index is 12.5. The molecular weight excluding hydrogens is 262 g/mol. The zero-order valence-electron chi connectivity index (χ0n) is 13.5. The van der Waals surface area contributed by atoms with Gasteiger partial charge in [0.1, 0.15) is 0 Å². The Morgan fingerprint density at radius 3 is 2.62 bits per heavy atom. The van der Waals surface area contributed by atoms with Gasteiger partial charge in [0.2, 0.25) is 0 Å². The number of hydrogen-bond donors (Lipinski definition) is 1. The van der Waals surface area contributed by atoms with Gasteiger partial charge in [0, 0.05) is 19.8 Å². The SMILES string of the molecule is CC(C)c1nn(C)cc1C(=O)NCC1(C2CCC2)CCC1. The lowest BCUT2D eigenvalue weighted by Crippen LogP contribution is -2.49. The predicted molar refractivity (Wildman–Crippen MR) is 83.3 cm³/mol. The van der Waals surface area contributed by atoms with Crippen molar-refractivity contribution in [3.8, 4) is 0 Å². The molecule has 0 spiro atoms. The normalized spacial score (nSPS) is 21.0. The van der Waals surface area contributed by atoms with Crippen LogP contribution in [-0.4, -0.2) is 22.2 Å². The number of aromatic nitrogens is 2. The van der Waals surface area contributed by atoms with Gasteiger partial charge in [-0.1, -0.05) is 26.7 Å². The Hall–Kier alpha value is -1.32. The maximum Gasteiger partial charge on any atom is 0.254 e. The van der Waals surface area contributed by atoms with Gasteiger partial charge in [-0.15, -0.1) is 0 Å². The molecule has 0 unspecified atom stereocenters. The molecule has 1 heterocycles. The minimum atomic E-state index is 0.0531. The highest BCUT2D eigenvalue weighted by atomic mass is 16.1. The van der Waals surface area contributed by atoms with Crippen molar-refractivity contribution in [3.63, 3.8) is 0 Å². The van der Waals surface area contributed by atoms with E-state index in [2.05, 4.69) is 24.3 Å². The highest BCUT2D eigenvalue weighted by Crippen LogP contribution is 2.53. The number of carbonyl (C=O) groups excluding carboxylic acids is 1. The summed E-state index contributed by atoms with van der Waals surface area (Å²) in [6.45, 7) is 5.02. The second kappa shape index (κ2) is 5.47. The fourth-order valence-corrected chi connectivity index (χ4v) is 3.84. The molecule has 1 aromatic rings. The molecule has 2 aliphatic rings. The summed E-state index contributed by atoms with van der Waals surface area (Å²) in [5.41, 5.74) is 2.06. The van der Waals surface area contributed by atoms with Gasteiger partial charge in [-0.05, 0) is 42.9 Å². The lowest BCUT2D eigenvalue weighted by Gasteiger charge is -2.51. The molecule has 2 saturated carbocycles. The molecular formula is C17H27N3O. The van der Waals surface area contributed by atoms with E-state index < -0.39 is 0 Å². The molecule has 1 N–H and O–H groups in total. The highest BCUT2D eigenvalue weighted by molar-refractivity contribution is 5.95. The first-order chi connectivity index (χ1) is 10.0. The van der Waals surface area contributed by atoms with Gasteiger partial charge in [0.25, 0.3) is 5.91 Å². The summed E-state index contributed by atoms with van der Waals surface area (Å²) >= 11 is 0. The van der Waals surface area contributed by atoms with Gasteiger partial charge in [0.15, 0.2) is 0 Å². The van der Waals surface area contributed by atoms with Crippen LogP contribution in [0.4, 0.5) is 0 Å². The van der Waals surface area contributed by atoms with Gasteiger partial charge >= 0.3 is 0 Å². The second-order valence-electron chi connectivity index (χ2n) is 7.28. The summed E-state index contributed by atoms with van der Waals surface area (Å²) in [5.74, 6) is 1.18. The van der Waals surface area contributed by atoms with Crippen molar-refractivity contribution in [3.05, 3.63) is 17.5 Å². The average Bonchev–Trinajstić information content (AvgIpc) is 2.71. The Kier molecular flexibility index (Phi) is 3.80. The third kappa shape index (κ3) is 2.60. The number of nitrogens with zero attached hydrogens (tertiary/aromatic N) is 2. The second-order valence-corrected chi connectivity index (χ2v) is 7.28. The maximum absolute atomic E-state index is 12.5. The Morgan fingerprint density at radius 1 is 1.43 bits per heavy atom. The number of aryl methyl sites for hydroxylation is 1. The zero-order valence-corrected chi connectivity index (χ0v) is 13.5.